The Balaban J connectivity index is 2.17. The average Bonchev–Trinajstić information content (AvgIpc) is 2.61. The van der Waals surface area contributed by atoms with E-state index in [1.165, 1.54) is 13.2 Å². The zero-order valence-electron chi connectivity index (χ0n) is 14.5. The molecular formula is C20H22O4. The van der Waals surface area contributed by atoms with Gasteiger partial charge in [-0.15, -0.1) is 0 Å². The summed E-state index contributed by atoms with van der Waals surface area (Å²) in [4.78, 5) is 11.2. The van der Waals surface area contributed by atoms with Crippen LogP contribution in [-0.2, 0) is 16.0 Å². The minimum atomic E-state index is -0.325. The summed E-state index contributed by atoms with van der Waals surface area (Å²) in [6.45, 7) is 1.92. The van der Waals surface area contributed by atoms with E-state index < -0.39 is 0 Å². The lowest BCUT2D eigenvalue weighted by Gasteiger charge is -2.10. The molecule has 0 bridgehead atoms. The Morgan fingerprint density at radius 2 is 1.54 bits per heavy atom. The average molecular weight is 326 g/mol. The first-order valence-corrected chi connectivity index (χ1v) is 7.64. The van der Waals surface area contributed by atoms with Crippen molar-refractivity contribution in [3.63, 3.8) is 0 Å². The fraction of sp³-hybridized carbons (Fsp3) is 0.250. The van der Waals surface area contributed by atoms with E-state index in [9.17, 15) is 4.79 Å². The second kappa shape index (κ2) is 8.20. The topological polar surface area (TPSA) is 44.8 Å². The van der Waals surface area contributed by atoms with Crippen molar-refractivity contribution in [3.05, 3.63) is 59.7 Å². The van der Waals surface area contributed by atoms with Gasteiger partial charge in [-0.1, -0.05) is 35.9 Å². The fourth-order valence-corrected chi connectivity index (χ4v) is 2.46. The highest BCUT2D eigenvalue weighted by molar-refractivity contribution is 5.82. The number of hydrogen-bond donors (Lipinski definition) is 0. The van der Waals surface area contributed by atoms with E-state index in [0.717, 1.165) is 22.3 Å². The van der Waals surface area contributed by atoms with Crippen LogP contribution in [0.1, 0.15) is 12.5 Å². The van der Waals surface area contributed by atoms with E-state index in [4.69, 9.17) is 9.47 Å². The van der Waals surface area contributed by atoms with E-state index in [0.29, 0.717) is 17.9 Å². The summed E-state index contributed by atoms with van der Waals surface area (Å²) < 4.78 is 15.2. The molecule has 4 nitrogen and oxygen atoms in total. The van der Waals surface area contributed by atoms with Crippen molar-refractivity contribution in [2.24, 2.45) is 0 Å². The van der Waals surface area contributed by atoms with Gasteiger partial charge in [0.2, 0.25) is 0 Å². The zero-order valence-corrected chi connectivity index (χ0v) is 14.5. The SMILES string of the molecule is COC(=O)/C=C(\C)Cc1ccc(-c2ccc(OC)c(OC)c2)cc1. The van der Waals surface area contributed by atoms with Crippen LogP contribution in [0.25, 0.3) is 11.1 Å². The van der Waals surface area contributed by atoms with Crippen LogP contribution in [0.5, 0.6) is 11.5 Å². The highest BCUT2D eigenvalue weighted by Gasteiger charge is 2.06. The standard InChI is InChI=1S/C20H22O4/c1-14(12-20(21)24-4)11-15-5-7-16(8-6-15)17-9-10-18(22-2)19(13-17)23-3/h5-10,12-13H,11H2,1-4H3/b14-12+. The molecule has 0 amide bonds. The fourth-order valence-electron chi connectivity index (χ4n) is 2.46. The van der Waals surface area contributed by atoms with Gasteiger partial charge in [0.1, 0.15) is 0 Å². The number of carbonyl (C=O) groups excluding carboxylic acids is 1. The van der Waals surface area contributed by atoms with Gasteiger partial charge in [0.05, 0.1) is 21.3 Å². The molecule has 0 fully saturated rings. The first kappa shape index (κ1) is 17.6. The summed E-state index contributed by atoms with van der Waals surface area (Å²) in [6.07, 6.45) is 2.23. The van der Waals surface area contributed by atoms with Gasteiger partial charge in [-0.25, -0.2) is 4.79 Å². The molecule has 2 aromatic rings. The maximum Gasteiger partial charge on any atom is 0.330 e. The molecule has 0 spiro atoms. The number of esters is 1. The Kier molecular flexibility index (Phi) is 6.01. The van der Waals surface area contributed by atoms with Crippen molar-refractivity contribution in [2.45, 2.75) is 13.3 Å². The Labute approximate surface area is 142 Å². The molecular weight excluding hydrogens is 304 g/mol. The third kappa shape index (κ3) is 4.38. The maximum atomic E-state index is 11.2. The summed E-state index contributed by atoms with van der Waals surface area (Å²) in [6, 6.07) is 14.1. The number of rotatable bonds is 6. The number of ether oxygens (including phenoxy) is 3. The molecule has 0 N–H and O–H groups in total. The Morgan fingerprint density at radius 1 is 0.917 bits per heavy atom. The normalized spacial score (nSPS) is 11.1. The van der Waals surface area contributed by atoms with E-state index in [2.05, 4.69) is 29.0 Å². The molecule has 0 atom stereocenters. The van der Waals surface area contributed by atoms with Crippen LogP contribution < -0.4 is 9.47 Å². The Bertz CT molecular complexity index is 730. The van der Waals surface area contributed by atoms with Gasteiger partial charge in [0.25, 0.3) is 0 Å². The summed E-state index contributed by atoms with van der Waals surface area (Å²) in [5.41, 5.74) is 4.24. The lowest BCUT2D eigenvalue weighted by atomic mass is 10.0. The van der Waals surface area contributed by atoms with Crippen LogP contribution in [0.2, 0.25) is 0 Å². The van der Waals surface area contributed by atoms with Crippen LogP contribution in [0, 0.1) is 0 Å². The van der Waals surface area contributed by atoms with Gasteiger partial charge in [-0.3, -0.25) is 0 Å². The highest BCUT2D eigenvalue weighted by Crippen LogP contribution is 2.32. The Hall–Kier alpha value is -2.75. The van der Waals surface area contributed by atoms with Crippen LogP contribution in [0.3, 0.4) is 0 Å². The molecule has 0 unspecified atom stereocenters. The second-order valence-corrected chi connectivity index (χ2v) is 5.46. The van der Waals surface area contributed by atoms with E-state index in [1.807, 2.05) is 25.1 Å². The molecule has 4 heteroatoms. The second-order valence-electron chi connectivity index (χ2n) is 5.46. The first-order valence-electron chi connectivity index (χ1n) is 7.64. The minimum absolute atomic E-state index is 0.325. The molecule has 0 aliphatic rings. The third-order valence-electron chi connectivity index (χ3n) is 3.72. The third-order valence-corrected chi connectivity index (χ3v) is 3.72. The number of carbonyl (C=O) groups is 1. The molecule has 2 aromatic carbocycles. The minimum Gasteiger partial charge on any atom is -0.493 e. The van der Waals surface area contributed by atoms with E-state index >= 15 is 0 Å². The maximum absolute atomic E-state index is 11.2. The molecule has 0 saturated carbocycles. The van der Waals surface area contributed by atoms with Crippen molar-refractivity contribution in [3.8, 4) is 22.6 Å². The predicted molar refractivity (Wildman–Crippen MR) is 94.5 cm³/mol. The van der Waals surface area contributed by atoms with Gasteiger partial charge in [-0.05, 0) is 42.2 Å². The van der Waals surface area contributed by atoms with Gasteiger partial charge < -0.3 is 14.2 Å². The zero-order chi connectivity index (χ0) is 17.5. The van der Waals surface area contributed by atoms with Gasteiger partial charge in [-0.2, -0.15) is 0 Å². The van der Waals surface area contributed by atoms with Crippen molar-refractivity contribution < 1.29 is 19.0 Å². The smallest absolute Gasteiger partial charge is 0.330 e. The highest BCUT2D eigenvalue weighted by atomic mass is 16.5. The van der Waals surface area contributed by atoms with Crippen molar-refractivity contribution in [1.29, 1.82) is 0 Å². The van der Waals surface area contributed by atoms with Crippen LogP contribution >= 0.6 is 0 Å². The van der Waals surface area contributed by atoms with Gasteiger partial charge >= 0.3 is 5.97 Å². The van der Waals surface area contributed by atoms with Crippen molar-refractivity contribution in [2.75, 3.05) is 21.3 Å². The number of benzene rings is 2. The summed E-state index contributed by atoms with van der Waals surface area (Å²) in [7, 11) is 4.63. The van der Waals surface area contributed by atoms with Gasteiger partial charge in [0, 0.05) is 6.08 Å². The van der Waals surface area contributed by atoms with Crippen LogP contribution in [0.4, 0.5) is 0 Å². The summed E-state index contributed by atoms with van der Waals surface area (Å²) in [5, 5.41) is 0. The molecule has 0 aromatic heterocycles. The van der Waals surface area contributed by atoms with Crippen molar-refractivity contribution in [1.82, 2.24) is 0 Å². The van der Waals surface area contributed by atoms with Gasteiger partial charge in [0.15, 0.2) is 11.5 Å². The summed E-state index contributed by atoms with van der Waals surface area (Å²) in [5.74, 6) is 1.09. The molecule has 0 radical (unpaired) electrons. The first-order chi connectivity index (χ1) is 11.6. The lowest BCUT2D eigenvalue weighted by molar-refractivity contribution is -0.134. The molecule has 0 saturated heterocycles. The number of methoxy groups -OCH3 is 3. The van der Waals surface area contributed by atoms with E-state index in [1.54, 1.807) is 14.2 Å². The van der Waals surface area contributed by atoms with Crippen LogP contribution in [-0.4, -0.2) is 27.3 Å². The lowest BCUT2D eigenvalue weighted by Crippen LogP contribution is -1.97. The summed E-state index contributed by atoms with van der Waals surface area (Å²) >= 11 is 0. The van der Waals surface area contributed by atoms with E-state index in [-0.39, 0.29) is 5.97 Å². The molecule has 0 heterocycles. The predicted octanol–water partition coefficient (Wildman–Crippen LogP) is 4.03. The molecule has 24 heavy (non-hydrogen) atoms. The quantitative estimate of drug-likeness (QED) is 0.594. The number of hydrogen-bond acceptors (Lipinski definition) is 4. The molecule has 0 aliphatic carbocycles. The number of allylic oxidation sites excluding steroid dienone is 1. The largest absolute Gasteiger partial charge is 0.493 e. The van der Waals surface area contributed by atoms with Crippen molar-refractivity contribution >= 4 is 5.97 Å². The monoisotopic (exact) mass is 326 g/mol. The molecule has 126 valence electrons. The Morgan fingerprint density at radius 3 is 2.12 bits per heavy atom. The molecule has 0 aliphatic heterocycles. The molecule has 2 rings (SSSR count). The van der Waals surface area contributed by atoms with Crippen LogP contribution in [0.15, 0.2) is 54.1 Å².